The molecule has 0 bridgehead atoms. The van der Waals surface area contributed by atoms with Gasteiger partial charge in [-0.2, -0.15) is 13.2 Å². The molecule has 0 aromatic heterocycles. The fraction of sp³-hybridized carbons (Fsp3) is 0.833. The van der Waals surface area contributed by atoms with Crippen LogP contribution in [0.4, 0.5) is 13.2 Å². The third-order valence-electron chi connectivity index (χ3n) is 9.11. The molecule has 5 amide bonds. The van der Waals surface area contributed by atoms with Gasteiger partial charge in [-0.05, 0) is 48.3 Å². The molecule has 4 aliphatic rings. The zero-order valence-corrected chi connectivity index (χ0v) is 26.9. The van der Waals surface area contributed by atoms with Crippen molar-refractivity contribution in [2.75, 3.05) is 32.7 Å². The van der Waals surface area contributed by atoms with Gasteiger partial charge in [-0.1, -0.05) is 48.5 Å². The summed E-state index contributed by atoms with van der Waals surface area (Å²) < 4.78 is 37.4. The number of hydrogen-bond acceptors (Lipinski definition) is 6. The number of hydrogen-bond donors (Lipinski definition) is 4. The molecule has 0 spiro atoms. The summed E-state index contributed by atoms with van der Waals surface area (Å²) >= 11 is 0. The summed E-state index contributed by atoms with van der Waals surface area (Å²) in [5.41, 5.74) is -0.580. The maximum atomic E-state index is 12.6. The Labute approximate surface area is 258 Å². The van der Waals surface area contributed by atoms with Gasteiger partial charge in [-0.25, -0.2) is 0 Å². The second-order valence-electron chi connectivity index (χ2n) is 13.4. The summed E-state index contributed by atoms with van der Waals surface area (Å²) in [6.45, 7) is 16.2. The summed E-state index contributed by atoms with van der Waals surface area (Å²) in [5, 5.41) is 17.2. The number of carbonyl (C=O) groups is 5. The number of aliphatic hydroxyl groups is 1. The van der Waals surface area contributed by atoms with Crippen LogP contribution in [0.5, 0.6) is 0 Å². The van der Waals surface area contributed by atoms with Gasteiger partial charge in [0.25, 0.3) is 5.91 Å². The third kappa shape index (κ3) is 9.07. The molecule has 1 aliphatic carbocycles. The highest BCUT2D eigenvalue weighted by molar-refractivity contribution is 5.90. The van der Waals surface area contributed by atoms with Gasteiger partial charge in [0.05, 0.1) is 6.04 Å². The molecular weight excluding hydrogens is 583 g/mol. The molecule has 0 aromatic carbocycles. The molecule has 6 atom stereocenters. The topological polar surface area (TPSA) is 148 Å². The van der Waals surface area contributed by atoms with E-state index < -0.39 is 41.6 Å². The average molecular weight is 634 g/mol. The molecule has 3 aliphatic heterocycles. The molecular formula is C30H50F3N5O6. The Morgan fingerprint density at radius 1 is 1.05 bits per heavy atom. The normalized spacial score (nSPS) is 25.6. The molecule has 3 saturated heterocycles. The van der Waals surface area contributed by atoms with Crippen LogP contribution in [0.3, 0.4) is 0 Å². The third-order valence-corrected chi connectivity index (χ3v) is 9.11. The minimum Gasteiger partial charge on any atom is -0.381 e. The summed E-state index contributed by atoms with van der Waals surface area (Å²) in [7, 11) is 0. The van der Waals surface area contributed by atoms with Crippen molar-refractivity contribution >= 4 is 30.0 Å². The van der Waals surface area contributed by atoms with E-state index in [4.69, 9.17) is 0 Å². The second kappa shape index (κ2) is 14.9. The first-order valence-electron chi connectivity index (χ1n) is 15.5. The number of halogens is 3. The number of carbonyl (C=O) groups excluding carboxylic acids is 5. The maximum absolute atomic E-state index is 12.6. The first-order chi connectivity index (χ1) is 20.4. The van der Waals surface area contributed by atoms with Crippen LogP contribution >= 0.6 is 0 Å². The van der Waals surface area contributed by atoms with Crippen molar-refractivity contribution in [3.63, 3.8) is 0 Å². The predicted molar refractivity (Wildman–Crippen MR) is 157 cm³/mol. The van der Waals surface area contributed by atoms with Crippen LogP contribution in [-0.4, -0.2) is 102 Å². The fourth-order valence-corrected chi connectivity index (χ4v) is 6.20. The van der Waals surface area contributed by atoms with Gasteiger partial charge in [0.1, 0.15) is 6.04 Å². The van der Waals surface area contributed by atoms with Crippen molar-refractivity contribution in [1.29, 1.82) is 0 Å². The molecule has 4 N–H and O–H groups in total. The number of amides is 5. The second-order valence-corrected chi connectivity index (χ2v) is 13.4. The SMILES string of the molecule is CC.CC(C)(C)C(NC(=O)C(F)(F)F)C(=O)N1CC2C(C1)C2(C)C.O=CNC(CC1CCNC1=O)C(O)C(=O)N1CCCC1. The zero-order valence-electron chi connectivity index (χ0n) is 26.9. The maximum Gasteiger partial charge on any atom is 0.471 e. The van der Waals surface area contributed by atoms with E-state index in [0.717, 1.165) is 12.8 Å². The standard InChI is InChI=1S/C15H23F3N2O2.C13H21N3O4.C2H6/c1-13(2,3)10(19-12(22)15(16,17)18)11(21)20-6-8-9(7-20)14(8,4)5;17-8-15-10(7-9-3-4-14-12(9)19)11(18)13(20)16-5-1-2-6-16;1-2/h8-10H,6-7H2,1-5H3,(H,19,22);8-11,18H,1-7H2,(H,14,19)(H,15,17);1-2H3. The summed E-state index contributed by atoms with van der Waals surface area (Å²) in [6, 6.07) is -1.89. The van der Waals surface area contributed by atoms with Gasteiger partial charge in [0.15, 0.2) is 6.10 Å². The number of rotatable bonds is 8. The number of nitrogens with one attached hydrogen (secondary N) is 3. The van der Waals surface area contributed by atoms with Crippen molar-refractivity contribution in [2.24, 2.45) is 28.6 Å². The van der Waals surface area contributed by atoms with E-state index in [-0.39, 0.29) is 29.6 Å². The number of aliphatic hydroxyl groups excluding tert-OH is 1. The van der Waals surface area contributed by atoms with Crippen LogP contribution < -0.4 is 16.0 Å². The van der Waals surface area contributed by atoms with Crippen LogP contribution in [0, 0.1) is 28.6 Å². The number of nitrogens with zero attached hydrogens (tertiary/aromatic N) is 2. The quantitative estimate of drug-likeness (QED) is 0.300. The molecule has 4 rings (SSSR count). The van der Waals surface area contributed by atoms with Gasteiger partial charge >= 0.3 is 12.1 Å². The Morgan fingerprint density at radius 3 is 2.02 bits per heavy atom. The minimum atomic E-state index is -4.99. The van der Waals surface area contributed by atoms with Gasteiger partial charge in [0.2, 0.25) is 18.2 Å². The number of piperidine rings is 1. The Morgan fingerprint density at radius 2 is 1.59 bits per heavy atom. The summed E-state index contributed by atoms with van der Waals surface area (Å²) in [5.74, 6) is -2.36. The fourth-order valence-electron chi connectivity index (χ4n) is 6.20. The van der Waals surface area contributed by atoms with E-state index >= 15 is 0 Å². The van der Waals surface area contributed by atoms with Gasteiger partial charge < -0.3 is 30.9 Å². The van der Waals surface area contributed by atoms with Crippen LogP contribution in [0.1, 0.15) is 74.1 Å². The van der Waals surface area contributed by atoms with Crippen molar-refractivity contribution in [2.45, 2.75) is 98.5 Å². The lowest BCUT2D eigenvalue weighted by Gasteiger charge is -2.34. The minimum absolute atomic E-state index is 0.0801. The molecule has 44 heavy (non-hydrogen) atoms. The zero-order chi connectivity index (χ0) is 33.6. The average Bonchev–Trinajstić information content (AvgIpc) is 3.56. The van der Waals surface area contributed by atoms with E-state index in [1.165, 1.54) is 0 Å². The van der Waals surface area contributed by atoms with Crippen LogP contribution in [0.15, 0.2) is 0 Å². The lowest BCUT2D eigenvalue weighted by Crippen LogP contribution is -2.57. The van der Waals surface area contributed by atoms with E-state index in [1.54, 1.807) is 30.6 Å². The van der Waals surface area contributed by atoms with E-state index in [1.807, 2.05) is 19.2 Å². The molecule has 1 saturated carbocycles. The van der Waals surface area contributed by atoms with Crippen molar-refractivity contribution < 1.29 is 42.3 Å². The molecule has 252 valence electrons. The largest absolute Gasteiger partial charge is 0.471 e. The molecule has 0 radical (unpaired) electrons. The molecule has 4 fully saturated rings. The Bertz CT molecular complexity index is 1030. The van der Waals surface area contributed by atoms with E-state index in [2.05, 4.69) is 24.5 Å². The summed E-state index contributed by atoms with van der Waals surface area (Å²) in [6.07, 6.45) is -2.97. The molecule has 0 aromatic rings. The molecule has 3 heterocycles. The van der Waals surface area contributed by atoms with Crippen molar-refractivity contribution in [3.05, 3.63) is 0 Å². The number of fused-ring (bicyclic) bond motifs is 1. The molecule has 6 unspecified atom stereocenters. The van der Waals surface area contributed by atoms with Crippen LogP contribution in [-0.2, 0) is 24.0 Å². The first kappa shape index (κ1) is 37.3. The lowest BCUT2D eigenvalue weighted by molar-refractivity contribution is -0.176. The predicted octanol–water partition coefficient (Wildman–Crippen LogP) is 1.83. The lowest BCUT2D eigenvalue weighted by atomic mass is 9.85. The van der Waals surface area contributed by atoms with Crippen molar-refractivity contribution in [1.82, 2.24) is 25.8 Å². The highest BCUT2D eigenvalue weighted by Gasteiger charge is 2.63. The monoisotopic (exact) mass is 633 g/mol. The Balaban J connectivity index is 0.000000292. The van der Waals surface area contributed by atoms with Gasteiger partial charge in [0, 0.05) is 38.6 Å². The number of likely N-dealkylation sites (tertiary alicyclic amines) is 2. The highest BCUT2D eigenvalue weighted by Crippen LogP contribution is 2.62. The smallest absolute Gasteiger partial charge is 0.381 e. The van der Waals surface area contributed by atoms with E-state index in [0.29, 0.717) is 57.4 Å². The molecule has 14 heteroatoms. The molecule has 11 nitrogen and oxygen atoms in total. The Hall–Kier alpha value is -2.90. The Kier molecular flexibility index (Phi) is 12.6. The highest BCUT2D eigenvalue weighted by atomic mass is 19.4. The van der Waals surface area contributed by atoms with E-state index in [9.17, 15) is 42.3 Å². The van der Waals surface area contributed by atoms with Gasteiger partial charge in [-0.3, -0.25) is 24.0 Å². The first-order valence-corrected chi connectivity index (χ1v) is 15.5. The van der Waals surface area contributed by atoms with Gasteiger partial charge in [-0.15, -0.1) is 0 Å². The van der Waals surface area contributed by atoms with Crippen molar-refractivity contribution in [3.8, 4) is 0 Å². The van der Waals surface area contributed by atoms with Crippen LogP contribution in [0.25, 0.3) is 0 Å². The summed E-state index contributed by atoms with van der Waals surface area (Å²) in [4.78, 5) is 61.4. The van der Waals surface area contributed by atoms with Crippen LogP contribution in [0.2, 0.25) is 0 Å². The number of alkyl halides is 3.